The number of benzene rings is 3. The highest BCUT2D eigenvalue weighted by Gasteiger charge is 2.29. The van der Waals surface area contributed by atoms with Crippen LogP contribution in [0.4, 0.5) is 0 Å². The molecule has 4 rings (SSSR count). The molecule has 1 fully saturated rings. The lowest BCUT2D eigenvalue weighted by Crippen LogP contribution is -2.49. The number of hydrogen-bond acceptors (Lipinski definition) is 2. The van der Waals surface area contributed by atoms with E-state index in [9.17, 15) is 4.79 Å². The molecule has 0 aromatic heterocycles. The molecule has 0 aliphatic carbocycles. The predicted octanol–water partition coefficient (Wildman–Crippen LogP) is 6.18. The zero-order valence-electron chi connectivity index (χ0n) is 21.1. The average Bonchev–Trinajstić information content (AvgIpc) is 2.81. The van der Waals surface area contributed by atoms with E-state index in [1.807, 2.05) is 11.0 Å². The summed E-state index contributed by atoms with van der Waals surface area (Å²) in [7, 11) is 0. The Kier molecular flexibility index (Phi) is 7.33. The van der Waals surface area contributed by atoms with E-state index in [0.29, 0.717) is 0 Å². The van der Waals surface area contributed by atoms with Gasteiger partial charge in [0.25, 0.3) is 0 Å². The highest BCUT2D eigenvalue weighted by Crippen LogP contribution is 2.34. The summed E-state index contributed by atoms with van der Waals surface area (Å²) in [6.07, 6.45) is 3.63. The fourth-order valence-electron chi connectivity index (χ4n) is 4.98. The monoisotopic (exact) mass is 452 g/mol. The van der Waals surface area contributed by atoms with Crippen LogP contribution >= 0.6 is 0 Å². The number of carbonyl (C=O) groups excluding carboxylic acids is 1. The summed E-state index contributed by atoms with van der Waals surface area (Å²) >= 11 is 0. The van der Waals surface area contributed by atoms with Crippen LogP contribution in [0, 0.1) is 34.6 Å². The summed E-state index contributed by atoms with van der Waals surface area (Å²) in [6.45, 7) is 14.0. The zero-order chi connectivity index (χ0) is 24.2. The summed E-state index contributed by atoms with van der Waals surface area (Å²) in [5.74, 6) is 0.0924. The molecular formula is C31H36N2O. The number of aryl methyl sites for hydroxylation is 5. The molecule has 0 atom stereocenters. The second-order valence-corrected chi connectivity index (χ2v) is 9.73. The third kappa shape index (κ3) is 5.48. The van der Waals surface area contributed by atoms with Crippen molar-refractivity contribution in [3.63, 3.8) is 0 Å². The normalized spacial score (nSPS) is 14.8. The first-order valence-corrected chi connectivity index (χ1v) is 12.2. The molecule has 0 saturated carbocycles. The molecule has 0 radical (unpaired) electrons. The van der Waals surface area contributed by atoms with Crippen LogP contribution in [0.15, 0.2) is 66.7 Å². The molecule has 34 heavy (non-hydrogen) atoms. The topological polar surface area (TPSA) is 23.6 Å². The Labute approximate surface area is 204 Å². The van der Waals surface area contributed by atoms with Gasteiger partial charge in [0.1, 0.15) is 0 Å². The molecule has 0 bridgehead atoms. The Morgan fingerprint density at radius 2 is 1.21 bits per heavy atom. The lowest BCUT2D eigenvalue weighted by Gasteiger charge is -2.40. The Hall–Kier alpha value is -3.17. The number of nitrogens with zero attached hydrogens (tertiary/aromatic N) is 2. The summed E-state index contributed by atoms with van der Waals surface area (Å²) in [6, 6.07) is 22.0. The average molecular weight is 453 g/mol. The SMILES string of the molecule is Cc1ccc(/C=C/C(=O)N2CCN(C(c3ccc(C)cc3C)c3ccc(C)cc3C)CC2)cc1. The molecular weight excluding hydrogens is 416 g/mol. The second kappa shape index (κ2) is 10.4. The molecule has 3 aromatic carbocycles. The van der Waals surface area contributed by atoms with Crippen LogP contribution in [0.25, 0.3) is 6.08 Å². The summed E-state index contributed by atoms with van der Waals surface area (Å²) in [5.41, 5.74) is 10.2. The Bertz CT molecular complexity index is 1130. The van der Waals surface area contributed by atoms with E-state index in [1.165, 1.54) is 38.9 Å². The molecule has 3 aromatic rings. The largest absolute Gasteiger partial charge is 0.337 e. The Morgan fingerprint density at radius 1 is 0.706 bits per heavy atom. The molecule has 1 saturated heterocycles. The van der Waals surface area contributed by atoms with Gasteiger partial charge < -0.3 is 4.90 Å². The number of amides is 1. The maximum Gasteiger partial charge on any atom is 0.246 e. The second-order valence-electron chi connectivity index (χ2n) is 9.73. The third-order valence-corrected chi connectivity index (χ3v) is 6.93. The van der Waals surface area contributed by atoms with Crippen molar-refractivity contribution in [3.8, 4) is 0 Å². The van der Waals surface area contributed by atoms with Crippen molar-refractivity contribution in [3.05, 3.63) is 111 Å². The molecule has 176 valence electrons. The first kappa shape index (κ1) is 24.0. The predicted molar refractivity (Wildman–Crippen MR) is 142 cm³/mol. The van der Waals surface area contributed by atoms with Gasteiger partial charge in [-0.05, 0) is 68.5 Å². The van der Waals surface area contributed by atoms with Gasteiger partial charge in [-0.15, -0.1) is 0 Å². The summed E-state index contributed by atoms with van der Waals surface area (Å²) in [5, 5.41) is 0. The molecule has 3 nitrogen and oxygen atoms in total. The molecule has 0 unspecified atom stereocenters. The third-order valence-electron chi connectivity index (χ3n) is 6.93. The van der Waals surface area contributed by atoms with E-state index in [-0.39, 0.29) is 11.9 Å². The molecule has 0 N–H and O–H groups in total. The van der Waals surface area contributed by atoms with Gasteiger partial charge in [-0.25, -0.2) is 0 Å². The number of hydrogen-bond donors (Lipinski definition) is 0. The molecule has 1 heterocycles. The molecule has 3 heteroatoms. The fraction of sp³-hybridized carbons (Fsp3) is 0.323. The Balaban J connectivity index is 1.52. The minimum atomic E-state index is 0.0924. The van der Waals surface area contributed by atoms with Crippen molar-refractivity contribution in [1.29, 1.82) is 0 Å². The highest BCUT2D eigenvalue weighted by molar-refractivity contribution is 5.91. The summed E-state index contributed by atoms with van der Waals surface area (Å²) in [4.78, 5) is 17.4. The van der Waals surface area contributed by atoms with Gasteiger partial charge in [0.2, 0.25) is 5.91 Å². The lowest BCUT2D eigenvalue weighted by atomic mass is 9.89. The molecule has 1 aliphatic rings. The van der Waals surface area contributed by atoms with Gasteiger partial charge in [-0.1, -0.05) is 77.4 Å². The maximum absolute atomic E-state index is 12.9. The quantitative estimate of drug-likeness (QED) is 0.432. The van der Waals surface area contributed by atoms with Crippen LogP contribution in [0.1, 0.15) is 50.5 Å². The standard InChI is InChI=1S/C31H36N2O/c1-22-6-10-27(11-7-22)12-15-30(34)32-16-18-33(19-17-32)31(28-13-8-23(2)20-25(28)4)29-14-9-24(3)21-26(29)5/h6-15,20-21,31H,16-19H2,1-5H3/b15-12+. The maximum atomic E-state index is 12.9. The van der Waals surface area contributed by atoms with Gasteiger partial charge in [0, 0.05) is 32.3 Å². The van der Waals surface area contributed by atoms with Crippen LogP contribution in [0.2, 0.25) is 0 Å². The smallest absolute Gasteiger partial charge is 0.246 e. The Morgan fingerprint density at radius 3 is 1.71 bits per heavy atom. The first-order valence-electron chi connectivity index (χ1n) is 12.2. The van der Waals surface area contributed by atoms with Gasteiger partial charge in [-0.3, -0.25) is 9.69 Å². The lowest BCUT2D eigenvalue weighted by molar-refractivity contribution is -0.127. The number of piperazine rings is 1. The van der Waals surface area contributed by atoms with Crippen molar-refractivity contribution in [2.45, 2.75) is 40.7 Å². The van der Waals surface area contributed by atoms with Crippen molar-refractivity contribution in [2.75, 3.05) is 26.2 Å². The van der Waals surface area contributed by atoms with Crippen molar-refractivity contribution in [2.24, 2.45) is 0 Å². The minimum Gasteiger partial charge on any atom is -0.337 e. The van der Waals surface area contributed by atoms with Crippen molar-refractivity contribution < 1.29 is 4.79 Å². The minimum absolute atomic E-state index is 0.0924. The van der Waals surface area contributed by atoms with Crippen molar-refractivity contribution >= 4 is 12.0 Å². The van der Waals surface area contributed by atoms with E-state index >= 15 is 0 Å². The number of rotatable bonds is 5. The van der Waals surface area contributed by atoms with Crippen LogP contribution in [-0.4, -0.2) is 41.9 Å². The van der Waals surface area contributed by atoms with Gasteiger partial charge in [-0.2, -0.15) is 0 Å². The molecule has 1 aliphatic heterocycles. The summed E-state index contributed by atoms with van der Waals surface area (Å²) < 4.78 is 0. The van der Waals surface area contributed by atoms with E-state index in [4.69, 9.17) is 0 Å². The van der Waals surface area contributed by atoms with E-state index in [1.54, 1.807) is 6.08 Å². The number of carbonyl (C=O) groups is 1. The molecule has 0 spiro atoms. The van der Waals surface area contributed by atoms with Crippen molar-refractivity contribution in [1.82, 2.24) is 9.80 Å². The fourth-order valence-corrected chi connectivity index (χ4v) is 4.98. The van der Waals surface area contributed by atoms with E-state index < -0.39 is 0 Å². The highest BCUT2D eigenvalue weighted by atomic mass is 16.2. The van der Waals surface area contributed by atoms with Crippen LogP contribution in [-0.2, 0) is 4.79 Å². The van der Waals surface area contributed by atoms with Gasteiger partial charge >= 0.3 is 0 Å². The molecule has 1 amide bonds. The zero-order valence-corrected chi connectivity index (χ0v) is 21.1. The van der Waals surface area contributed by atoms with E-state index in [2.05, 4.69) is 100 Å². The van der Waals surface area contributed by atoms with Crippen LogP contribution in [0.5, 0.6) is 0 Å². The first-order chi connectivity index (χ1) is 16.3. The van der Waals surface area contributed by atoms with E-state index in [0.717, 1.165) is 31.7 Å². The van der Waals surface area contributed by atoms with Gasteiger partial charge in [0.15, 0.2) is 0 Å². The van der Waals surface area contributed by atoms with Crippen LogP contribution < -0.4 is 0 Å². The van der Waals surface area contributed by atoms with Gasteiger partial charge in [0.05, 0.1) is 6.04 Å². The van der Waals surface area contributed by atoms with Crippen LogP contribution in [0.3, 0.4) is 0 Å².